The molecule has 29 heavy (non-hydrogen) atoms. The number of allylic oxidation sites excluding steroid dienone is 2. The van der Waals surface area contributed by atoms with Gasteiger partial charge in [-0.15, -0.1) is 0 Å². The second-order valence-corrected chi connectivity index (χ2v) is 7.42. The summed E-state index contributed by atoms with van der Waals surface area (Å²) in [5.74, 6) is -1.21. The fourth-order valence-corrected chi connectivity index (χ4v) is 3.66. The number of carboxylic acids is 1. The topological polar surface area (TPSA) is 71.4 Å². The number of benzene rings is 1. The zero-order valence-electron chi connectivity index (χ0n) is 16.1. The number of halogens is 3. The third-order valence-electron chi connectivity index (χ3n) is 5.30. The van der Waals surface area contributed by atoms with Crippen LogP contribution in [0.15, 0.2) is 36.4 Å². The molecule has 1 fully saturated rings. The number of hydrogen-bond donors (Lipinski definition) is 1. The number of rotatable bonds is 10. The van der Waals surface area contributed by atoms with Gasteiger partial charge in [-0.3, -0.25) is 14.4 Å². The van der Waals surface area contributed by atoms with Crippen molar-refractivity contribution in [3.05, 3.63) is 47.5 Å². The number of ketones is 2. The Morgan fingerprint density at radius 2 is 1.72 bits per heavy atom. The quantitative estimate of drug-likeness (QED) is 0.316. The molecule has 0 aromatic heterocycles. The van der Waals surface area contributed by atoms with Gasteiger partial charge in [-0.2, -0.15) is 13.2 Å². The lowest BCUT2D eigenvalue weighted by Gasteiger charge is -2.14. The summed E-state index contributed by atoms with van der Waals surface area (Å²) in [6.45, 7) is 0. The van der Waals surface area contributed by atoms with Gasteiger partial charge in [0, 0.05) is 24.3 Å². The maximum Gasteiger partial charge on any atom is 0.416 e. The summed E-state index contributed by atoms with van der Waals surface area (Å²) in [5.41, 5.74) is -0.628. The van der Waals surface area contributed by atoms with Gasteiger partial charge in [-0.1, -0.05) is 37.5 Å². The van der Waals surface area contributed by atoms with Gasteiger partial charge in [-0.05, 0) is 43.4 Å². The largest absolute Gasteiger partial charge is 0.481 e. The minimum absolute atomic E-state index is 0.0417. The first-order chi connectivity index (χ1) is 13.7. The van der Waals surface area contributed by atoms with Crippen LogP contribution in [-0.2, 0) is 15.8 Å². The second-order valence-electron chi connectivity index (χ2n) is 7.42. The SMILES string of the molecule is O=C(O)CCCCCCC1C(=O)CCC1/C=C/C(=O)c1ccc(C(F)(F)F)cc1. The first-order valence-electron chi connectivity index (χ1n) is 9.83. The predicted molar refractivity (Wildman–Crippen MR) is 101 cm³/mol. The fraction of sp³-hybridized carbons (Fsp3) is 0.500. The van der Waals surface area contributed by atoms with Crippen molar-refractivity contribution >= 4 is 17.5 Å². The second kappa shape index (κ2) is 10.4. The Morgan fingerprint density at radius 1 is 1.07 bits per heavy atom. The Labute approximate surface area is 167 Å². The Hall–Kier alpha value is -2.44. The predicted octanol–water partition coefficient (Wildman–Crippen LogP) is 5.46. The number of aliphatic carboxylic acids is 1. The van der Waals surface area contributed by atoms with E-state index in [1.54, 1.807) is 6.08 Å². The number of carbonyl (C=O) groups is 3. The van der Waals surface area contributed by atoms with Crippen LogP contribution in [-0.4, -0.2) is 22.6 Å². The van der Waals surface area contributed by atoms with E-state index < -0.39 is 17.7 Å². The average Bonchev–Trinajstić information content (AvgIpc) is 3.01. The molecule has 0 spiro atoms. The van der Waals surface area contributed by atoms with Crippen LogP contribution >= 0.6 is 0 Å². The molecule has 1 N–H and O–H groups in total. The molecule has 1 aromatic rings. The highest BCUT2D eigenvalue weighted by molar-refractivity contribution is 6.04. The van der Waals surface area contributed by atoms with Crippen molar-refractivity contribution < 1.29 is 32.7 Å². The smallest absolute Gasteiger partial charge is 0.416 e. The van der Waals surface area contributed by atoms with Crippen LogP contribution in [0.2, 0.25) is 0 Å². The molecule has 0 saturated heterocycles. The van der Waals surface area contributed by atoms with E-state index in [2.05, 4.69) is 0 Å². The van der Waals surface area contributed by atoms with Gasteiger partial charge >= 0.3 is 12.1 Å². The van der Waals surface area contributed by atoms with Gasteiger partial charge in [0.15, 0.2) is 5.78 Å². The lowest BCUT2D eigenvalue weighted by atomic mass is 9.89. The summed E-state index contributed by atoms with van der Waals surface area (Å²) in [6, 6.07) is 4.08. The standard InChI is InChI=1S/C22H25F3O4/c23-22(24,25)17-11-7-16(8-12-17)19(26)13-9-15-10-14-20(27)18(15)5-3-1-2-4-6-21(28)29/h7-9,11-13,15,18H,1-6,10,14H2,(H,28,29)/b13-9+. The molecule has 0 amide bonds. The highest BCUT2D eigenvalue weighted by Gasteiger charge is 2.32. The maximum atomic E-state index is 12.6. The first-order valence-corrected chi connectivity index (χ1v) is 9.83. The number of carbonyl (C=O) groups excluding carboxylic acids is 2. The Kier molecular flexibility index (Phi) is 8.17. The minimum atomic E-state index is -4.44. The third kappa shape index (κ3) is 7.15. The molecule has 2 rings (SSSR count). The monoisotopic (exact) mass is 410 g/mol. The molecule has 2 atom stereocenters. The first kappa shape index (κ1) is 22.8. The molecule has 0 radical (unpaired) electrons. The van der Waals surface area contributed by atoms with Crippen LogP contribution in [0.25, 0.3) is 0 Å². The minimum Gasteiger partial charge on any atom is -0.481 e. The lowest BCUT2D eigenvalue weighted by Crippen LogP contribution is -2.13. The van der Waals surface area contributed by atoms with Crippen molar-refractivity contribution in [2.45, 2.75) is 57.5 Å². The Morgan fingerprint density at radius 3 is 2.34 bits per heavy atom. The number of hydrogen-bond acceptors (Lipinski definition) is 3. The number of carboxylic acid groups (broad SMARTS) is 1. The van der Waals surface area contributed by atoms with Crippen LogP contribution < -0.4 is 0 Å². The molecule has 1 aromatic carbocycles. The maximum absolute atomic E-state index is 12.6. The van der Waals surface area contributed by atoms with E-state index in [4.69, 9.17) is 5.11 Å². The van der Waals surface area contributed by atoms with Gasteiger partial charge in [0.05, 0.1) is 5.56 Å². The van der Waals surface area contributed by atoms with Gasteiger partial charge < -0.3 is 5.11 Å². The Balaban J connectivity index is 1.86. The van der Waals surface area contributed by atoms with Gasteiger partial charge in [-0.25, -0.2) is 0 Å². The summed E-state index contributed by atoms with van der Waals surface area (Å²) in [4.78, 5) is 34.9. The van der Waals surface area contributed by atoms with E-state index in [1.165, 1.54) is 6.08 Å². The van der Waals surface area contributed by atoms with E-state index in [0.29, 0.717) is 25.7 Å². The van der Waals surface area contributed by atoms with E-state index in [0.717, 1.165) is 43.5 Å². The van der Waals surface area contributed by atoms with Crippen molar-refractivity contribution in [1.29, 1.82) is 0 Å². The Bertz CT molecular complexity index is 750. The third-order valence-corrected chi connectivity index (χ3v) is 5.30. The molecule has 0 aliphatic heterocycles. The summed E-state index contributed by atoms with van der Waals surface area (Å²) < 4.78 is 37.8. The molecule has 1 saturated carbocycles. The molecule has 7 heteroatoms. The van der Waals surface area contributed by atoms with E-state index in [-0.39, 0.29) is 35.4 Å². The van der Waals surface area contributed by atoms with Crippen LogP contribution in [0.5, 0.6) is 0 Å². The number of alkyl halides is 3. The molecular weight excluding hydrogens is 385 g/mol. The molecular formula is C22H25F3O4. The van der Waals surface area contributed by atoms with E-state index >= 15 is 0 Å². The molecule has 4 nitrogen and oxygen atoms in total. The zero-order valence-corrected chi connectivity index (χ0v) is 16.1. The van der Waals surface area contributed by atoms with Crippen LogP contribution in [0.1, 0.15) is 67.3 Å². The highest BCUT2D eigenvalue weighted by atomic mass is 19.4. The molecule has 1 aliphatic carbocycles. The van der Waals surface area contributed by atoms with Gasteiger partial charge in [0.1, 0.15) is 5.78 Å². The molecule has 0 heterocycles. The van der Waals surface area contributed by atoms with Crippen molar-refractivity contribution in [2.24, 2.45) is 11.8 Å². The highest BCUT2D eigenvalue weighted by Crippen LogP contribution is 2.34. The van der Waals surface area contributed by atoms with Gasteiger partial charge in [0.2, 0.25) is 0 Å². The molecule has 158 valence electrons. The van der Waals surface area contributed by atoms with E-state index in [1.807, 2.05) is 0 Å². The summed E-state index contributed by atoms with van der Waals surface area (Å²) in [5, 5.41) is 8.62. The molecule has 1 aliphatic rings. The van der Waals surface area contributed by atoms with Gasteiger partial charge in [0.25, 0.3) is 0 Å². The fourth-order valence-electron chi connectivity index (χ4n) is 3.66. The van der Waals surface area contributed by atoms with Crippen molar-refractivity contribution in [3.8, 4) is 0 Å². The van der Waals surface area contributed by atoms with Crippen molar-refractivity contribution in [2.75, 3.05) is 0 Å². The summed E-state index contributed by atoms with van der Waals surface area (Å²) in [6.07, 6.45) is 3.72. The van der Waals surface area contributed by atoms with E-state index in [9.17, 15) is 27.6 Å². The van der Waals surface area contributed by atoms with Crippen LogP contribution in [0.3, 0.4) is 0 Å². The number of unbranched alkanes of at least 4 members (excludes halogenated alkanes) is 3. The molecule has 0 bridgehead atoms. The average molecular weight is 410 g/mol. The molecule has 2 unspecified atom stereocenters. The normalized spacial score (nSPS) is 19.8. The lowest BCUT2D eigenvalue weighted by molar-refractivity contribution is -0.138. The van der Waals surface area contributed by atoms with Crippen LogP contribution in [0, 0.1) is 11.8 Å². The zero-order chi connectivity index (χ0) is 21.4. The van der Waals surface area contributed by atoms with Crippen LogP contribution in [0.4, 0.5) is 13.2 Å². The number of Topliss-reactive ketones (excluding diaryl/α,β-unsaturated/α-hetero) is 1. The summed E-state index contributed by atoms with van der Waals surface area (Å²) in [7, 11) is 0. The van der Waals surface area contributed by atoms with Crippen molar-refractivity contribution in [1.82, 2.24) is 0 Å². The van der Waals surface area contributed by atoms with Crippen molar-refractivity contribution in [3.63, 3.8) is 0 Å². The summed E-state index contributed by atoms with van der Waals surface area (Å²) >= 11 is 0.